The zero-order chi connectivity index (χ0) is 10.1. The van der Waals surface area contributed by atoms with Crippen LogP contribution in [-0.2, 0) is 4.79 Å². The van der Waals surface area contributed by atoms with Crippen molar-refractivity contribution in [3.8, 4) is 0 Å². The molecule has 0 aromatic carbocycles. The lowest BCUT2D eigenvalue weighted by Gasteiger charge is -2.36. The maximum Gasteiger partial charge on any atom is 0.142 e. The summed E-state index contributed by atoms with van der Waals surface area (Å²) in [7, 11) is 0. The van der Waals surface area contributed by atoms with Gasteiger partial charge in [0.25, 0.3) is 0 Å². The zero-order valence-electron chi connectivity index (χ0n) is 9.18. The molecule has 0 heterocycles. The van der Waals surface area contributed by atoms with Crippen LogP contribution in [0.2, 0.25) is 0 Å². The third-order valence-corrected chi connectivity index (χ3v) is 3.25. The van der Waals surface area contributed by atoms with Gasteiger partial charge < -0.3 is 0 Å². The highest BCUT2D eigenvalue weighted by Crippen LogP contribution is 2.39. The largest absolute Gasteiger partial charge is 0.299 e. The molecule has 0 radical (unpaired) electrons. The van der Waals surface area contributed by atoms with Gasteiger partial charge in [0.15, 0.2) is 0 Å². The monoisotopic (exact) mass is 180 g/mol. The van der Waals surface area contributed by atoms with E-state index in [1.165, 1.54) is 12.0 Å². The highest BCUT2D eigenvalue weighted by atomic mass is 16.1. The molecule has 1 aliphatic carbocycles. The summed E-state index contributed by atoms with van der Waals surface area (Å²) in [6.45, 7) is 8.42. The minimum Gasteiger partial charge on any atom is -0.299 e. The molecule has 1 aliphatic rings. The molecule has 2 atom stereocenters. The lowest BCUT2D eigenvalue weighted by atomic mass is 9.67. The highest BCUT2D eigenvalue weighted by molar-refractivity contribution is 5.87. The molecule has 1 nitrogen and oxygen atoms in total. The molecular formula is C12H20O. The fraction of sp³-hybridized carbons (Fsp3) is 0.750. The van der Waals surface area contributed by atoms with Gasteiger partial charge in [0, 0.05) is 11.8 Å². The molecule has 1 fully saturated rings. The Labute approximate surface area is 81.2 Å². The Morgan fingerprint density at radius 1 is 1.54 bits per heavy atom. The summed E-state index contributed by atoms with van der Waals surface area (Å²) in [5, 5.41) is 0. The van der Waals surface area contributed by atoms with Crippen LogP contribution in [0.3, 0.4) is 0 Å². The predicted molar refractivity (Wildman–Crippen MR) is 55.6 cm³/mol. The number of Topliss-reactive ketones (excluding diaryl/α,β-unsaturated/α-hetero) is 1. The summed E-state index contributed by atoms with van der Waals surface area (Å²) in [5.74, 6) is 0.927. The molecule has 1 rings (SSSR count). The van der Waals surface area contributed by atoms with Gasteiger partial charge in [0.05, 0.1) is 0 Å². The van der Waals surface area contributed by atoms with Crippen molar-refractivity contribution in [3.63, 3.8) is 0 Å². The van der Waals surface area contributed by atoms with E-state index >= 15 is 0 Å². The molecule has 0 N–H and O–H groups in total. The molecule has 0 aromatic rings. The van der Waals surface area contributed by atoms with Crippen molar-refractivity contribution in [1.29, 1.82) is 0 Å². The minimum atomic E-state index is -0.183. The van der Waals surface area contributed by atoms with E-state index in [0.717, 1.165) is 12.8 Å². The molecule has 0 unspecified atom stereocenters. The summed E-state index contributed by atoms with van der Waals surface area (Å²) in [4.78, 5) is 11.8. The number of rotatable bonds is 1. The predicted octanol–water partition coefficient (Wildman–Crippen LogP) is 3.35. The van der Waals surface area contributed by atoms with Crippen molar-refractivity contribution in [2.24, 2.45) is 11.3 Å². The summed E-state index contributed by atoms with van der Waals surface area (Å²) in [6.07, 6.45) is 5.18. The molecular weight excluding hydrogens is 160 g/mol. The van der Waals surface area contributed by atoms with Crippen LogP contribution < -0.4 is 0 Å². The molecule has 74 valence electrons. The Morgan fingerprint density at radius 3 is 2.62 bits per heavy atom. The van der Waals surface area contributed by atoms with Gasteiger partial charge in [-0.05, 0) is 39.5 Å². The molecule has 0 saturated heterocycles. The summed E-state index contributed by atoms with van der Waals surface area (Å²) >= 11 is 0. The van der Waals surface area contributed by atoms with Crippen LogP contribution in [-0.4, -0.2) is 5.78 Å². The second kappa shape index (κ2) is 3.65. The zero-order valence-corrected chi connectivity index (χ0v) is 9.18. The van der Waals surface area contributed by atoms with E-state index in [1.54, 1.807) is 0 Å². The quantitative estimate of drug-likeness (QED) is 0.565. The first-order valence-electron chi connectivity index (χ1n) is 5.16. The average Bonchev–Trinajstić information content (AvgIpc) is 1.99. The van der Waals surface area contributed by atoms with Crippen molar-refractivity contribution in [2.75, 3.05) is 0 Å². The maximum atomic E-state index is 11.8. The van der Waals surface area contributed by atoms with Crippen molar-refractivity contribution < 1.29 is 4.79 Å². The third-order valence-electron chi connectivity index (χ3n) is 3.25. The van der Waals surface area contributed by atoms with Gasteiger partial charge in [-0.1, -0.05) is 18.6 Å². The van der Waals surface area contributed by atoms with E-state index in [1.807, 2.05) is 0 Å². The molecule has 0 aliphatic heterocycles. The summed E-state index contributed by atoms with van der Waals surface area (Å²) in [6, 6.07) is 0. The van der Waals surface area contributed by atoms with Gasteiger partial charge in [-0.2, -0.15) is 0 Å². The number of carbonyl (C=O) groups excluding carboxylic acids is 1. The minimum absolute atomic E-state index is 0.183. The first-order chi connectivity index (χ1) is 5.97. The van der Waals surface area contributed by atoms with Gasteiger partial charge >= 0.3 is 0 Å². The van der Waals surface area contributed by atoms with Crippen LogP contribution in [0.25, 0.3) is 0 Å². The first kappa shape index (κ1) is 10.5. The van der Waals surface area contributed by atoms with Gasteiger partial charge in [-0.3, -0.25) is 4.79 Å². The van der Waals surface area contributed by atoms with Gasteiger partial charge in [0.1, 0.15) is 5.78 Å². The number of hydrogen-bond acceptors (Lipinski definition) is 1. The Hall–Kier alpha value is -0.590. The third kappa shape index (κ3) is 2.01. The molecule has 0 amide bonds. The van der Waals surface area contributed by atoms with Crippen molar-refractivity contribution in [1.82, 2.24) is 0 Å². The number of allylic oxidation sites excluding steroid dienone is 2. The topological polar surface area (TPSA) is 17.1 Å². The smallest absolute Gasteiger partial charge is 0.142 e. The van der Waals surface area contributed by atoms with Crippen LogP contribution in [0.4, 0.5) is 0 Å². The van der Waals surface area contributed by atoms with E-state index in [-0.39, 0.29) is 5.41 Å². The normalized spacial score (nSPS) is 34.5. The van der Waals surface area contributed by atoms with Gasteiger partial charge in [-0.25, -0.2) is 0 Å². The second-order valence-corrected chi connectivity index (χ2v) is 4.72. The summed E-state index contributed by atoms with van der Waals surface area (Å²) < 4.78 is 0. The van der Waals surface area contributed by atoms with Crippen LogP contribution in [0.5, 0.6) is 0 Å². The van der Waals surface area contributed by atoms with E-state index in [4.69, 9.17) is 0 Å². The lowest BCUT2D eigenvalue weighted by Crippen LogP contribution is -2.36. The fourth-order valence-electron chi connectivity index (χ4n) is 2.24. The van der Waals surface area contributed by atoms with Crippen molar-refractivity contribution in [2.45, 2.75) is 47.0 Å². The van der Waals surface area contributed by atoms with E-state index in [0.29, 0.717) is 11.7 Å². The SMILES string of the molecule is CC(C)=C[C@]1(C)C(=O)CCC[C@H]1C. The Morgan fingerprint density at radius 2 is 2.15 bits per heavy atom. The Kier molecular flexibility index (Phi) is 2.94. The van der Waals surface area contributed by atoms with E-state index < -0.39 is 0 Å². The number of carbonyl (C=O) groups is 1. The Bertz CT molecular complexity index is 236. The molecule has 0 spiro atoms. The van der Waals surface area contributed by atoms with Crippen LogP contribution in [0.1, 0.15) is 47.0 Å². The molecule has 1 heteroatoms. The van der Waals surface area contributed by atoms with Gasteiger partial charge in [0.2, 0.25) is 0 Å². The van der Waals surface area contributed by atoms with Gasteiger partial charge in [-0.15, -0.1) is 0 Å². The summed E-state index contributed by atoms with van der Waals surface area (Å²) in [5.41, 5.74) is 1.07. The van der Waals surface area contributed by atoms with E-state index in [2.05, 4.69) is 33.8 Å². The van der Waals surface area contributed by atoms with Crippen molar-refractivity contribution in [3.05, 3.63) is 11.6 Å². The highest BCUT2D eigenvalue weighted by Gasteiger charge is 2.38. The van der Waals surface area contributed by atoms with Crippen molar-refractivity contribution >= 4 is 5.78 Å². The molecule has 0 aromatic heterocycles. The number of ketones is 1. The molecule has 1 saturated carbocycles. The fourth-order valence-corrected chi connectivity index (χ4v) is 2.24. The molecule has 0 bridgehead atoms. The average molecular weight is 180 g/mol. The number of hydrogen-bond donors (Lipinski definition) is 0. The van der Waals surface area contributed by atoms with Crippen LogP contribution >= 0.6 is 0 Å². The lowest BCUT2D eigenvalue weighted by molar-refractivity contribution is -0.130. The second-order valence-electron chi connectivity index (χ2n) is 4.72. The Balaban J connectivity index is 2.94. The van der Waals surface area contributed by atoms with Crippen LogP contribution in [0, 0.1) is 11.3 Å². The first-order valence-corrected chi connectivity index (χ1v) is 5.16. The van der Waals surface area contributed by atoms with Crippen LogP contribution in [0.15, 0.2) is 11.6 Å². The molecule has 13 heavy (non-hydrogen) atoms. The maximum absolute atomic E-state index is 11.8. The van der Waals surface area contributed by atoms with E-state index in [9.17, 15) is 4.79 Å². The standard InChI is InChI=1S/C12H20O/c1-9(2)8-12(4)10(3)6-5-7-11(12)13/h8,10H,5-7H2,1-4H3/t10-,12+/m1/s1.